The monoisotopic (exact) mass is 400 g/mol. The maximum atomic E-state index is 13.1. The number of oxime groups is 1. The molecule has 5 nitrogen and oxygen atoms in total. The molecule has 29 heavy (non-hydrogen) atoms. The van der Waals surface area contributed by atoms with Crippen LogP contribution in [0.25, 0.3) is 0 Å². The maximum absolute atomic E-state index is 13.1. The molecular weight excluding hydrogens is 371 g/mol. The molecule has 0 fully saturated rings. The summed E-state index contributed by atoms with van der Waals surface area (Å²) < 4.78 is 18.8. The van der Waals surface area contributed by atoms with Crippen LogP contribution in [0.4, 0.5) is 14.9 Å². The molecule has 0 aliphatic heterocycles. The number of benzene rings is 2. The molecule has 1 amide bonds. The first kappa shape index (κ1) is 22.4. The van der Waals surface area contributed by atoms with Crippen LogP contribution in [0, 0.1) is 5.82 Å². The van der Waals surface area contributed by atoms with E-state index in [-0.39, 0.29) is 5.82 Å². The van der Waals surface area contributed by atoms with Crippen molar-refractivity contribution in [2.75, 3.05) is 11.9 Å². The fraction of sp³-hybridized carbons (Fsp3) is 0.391. The van der Waals surface area contributed by atoms with Crippen LogP contribution in [-0.4, -0.2) is 18.9 Å². The molecule has 2 rings (SSSR count). The van der Waals surface area contributed by atoms with Gasteiger partial charge in [-0.15, -0.1) is 0 Å². The van der Waals surface area contributed by atoms with Gasteiger partial charge >= 0.3 is 6.09 Å². The Morgan fingerprint density at radius 3 is 2.48 bits per heavy atom. The topological polar surface area (TPSA) is 59.9 Å². The van der Waals surface area contributed by atoms with Gasteiger partial charge in [-0.3, -0.25) is 10.2 Å². The van der Waals surface area contributed by atoms with E-state index in [1.54, 1.807) is 36.4 Å². The number of carbonyl (C=O) groups excluding carboxylic acids is 1. The van der Waals surface area contributed by atoms with Crippen molar-refractivity contribution in [3.05, 3.63) is 59.9 Å². The van der Waals surface area contributed by atoms with Crippen molar-refractivity contribution in [2.45, 2.75) is 51.9 Å². The molecule has 0 bridgehead atoms. The minimum Gasteiger partial charge on any atom is -0.494 e. The van der Waals surface area contributed by atoms with Crippen molar-refractivity contribution in [2.24, 2.45) is 5.16 Å². The van der Waals surface area contributed by atoms with Crippen LogP contribution in [0.1, 0.15) is 57.4 Å². The van der Waals surface area contributed by atoms with Crippen LogP contribution in [0.3, 0.4) is 0 Å². The summed E-state index contributed by atoms with van der Waals surface area (Å²) in [5.74, 6) is 0.381. The summed E-state index contributed by atoms with van der Waals surface area (Å²) in [7, 11) is 0. The first-order valence-electron chi connectivity index (χ1n) is 10.2. The second kappa shape index (κ2) is 13.3. The van der Waals surface area contributed by atoms with Crippen LogP contribution in [-0.2, 0) is 4.84 Å². The molecule has 0 aliphatic rings. The average molecular weight is 400 g/mol. The zero-order valence-corrected chi connectivity index (χ0v) is 16.9. The minimum atomic E-state index is -0.727. The van der Waals surface area contributed by atoms with Crippen molar-refractivity contribution >= 4 is 18.0 Å². The van der Waals surface area contributed by atoms with Gasteiger partial charge in [0.1, 0.15) is 11.6 Å². The lowest BCUT2D eigenvalue weighted by Crippen LogP contribution is -2.10. The third-order valence-electron chi connectivity index (χ3n) is 4.30. The van der Waals surface area contributed by atoms with E-state index in [1.807, 2.05) is 0 Å². The predicted octanol–water partition coefficient (Wildman–Crippen LogP) is 6.54. The van der Waals surface area contributed by atoms with Gasteiger partial charge in [0.15, 0.2) is 0 Å². The molecule has 0 saturated heterocycles. The van der Waals surface area contributed by atoms with Gasteiger partial charge in [0.05, 0.1) is 12.8 Å². The number of unbranched alkanes of at least 4 members (excludes halogenated alkanes) is 6. The second-order valence-electron chi connectivity index (χ2n) is 6.79. The van der Waals surface area contributed by atoms with E-state index < -0.39 is 6.09 Å². The molecule has 2 aromatic carbocycles. The largest absolute Gasteiger partial charge is 0.494 e. The zero-order chi connectivity index (χ0) is 20.7. The van der Waals surface area contributed by atoms with E-state index in [1.165, 1.54) is 56.9 Å². The number of nitrogens with one attached hydrogen (secondary N) is 1. The van der Waals surface area contributed by atoms with Crippen LogP contribution in [0.15, 0.2) is 53.7 Å². The number of ether oxygens (including phenoxy) is 1. The molecule has 0 spiro atoms. The molecule has 0 saturated carbocycles. The van der Waals surface area contributed by atoms with Crippen molar-refractivity contribution in [1.82, 2.24) is 0 Å². The smallest absolute Gasteiger partial charge is 0.437 e. The standard InChI is InChI=1S/C23H29FN2O3/c1-2-3-4-5-6-7-8-16-28-22-14-12-21(13-15-22)26-23(27)29-25-18-19-10-9-11-20(24)17-19/h9-15,17-18H,2-8,16H2,1H3,(H,26,27)/b25-18+. The summed E-state index contributed by atoms with van der Waals surface area (Å²) in [6.07, 6.45) is 9.25. The lowest BCUT2D eigenvalue weighted by atomic mass is 10.1. The predicted molar refractivity (Wildman–Crippen MR) is 114 cm³/mol. The quantitative estimate of drug-likeness (QED) is 0.190. The van der Waals surface area contributed by atoms with Crippen molar-refractivity contribution in [3.8, 4) is 5.75 Å². The van der Waals surface area contributed by atoms with Gasteiger partial charge in [-0.1, -0.05) is 62.7 Å². The molecule has 0 atom stereocenters. The number of rotatable bonds is 12. The Kier molecular flexibility index (Phi) is 10.3. The Bertz CT molecular complexity index is 763. The first-order chi connectivity index (χ1) is 14.2. The highest BCUT2D eigenvalue weighted by Crippen LogP contribution is 2.16. The van der Waals surface area contributed by atoms with Gasteiger partial charge in [0, 0.05) is 5.69 Å². The summed E-state index contributed by atoms with van der Waals surface area (Å²) in [4.78, 5) is 16.5. The fourth-order valence-corrected chi connectivity index (χ4v) is 2.75. The van der Waals surface area contributed by atoms with Gasteiger partial charge in [-0.05, 0) is 48.4 Å². The Morgan fingerprint density at radius 2 is 1.76 bits per heavy atom. The Balaban J connectivity index is 1.63. The summed E-state index contributed by atoms with van der Waals surface area (Å²) in [5.41, 5.74) is 1.07. The third-order valence-corrected chi connectivity index (χ3v) is 4.30. The molecule has 2 aromatic rings. The second-order valence-corrected chi connectivity index (χ2v) is 6.79. The van der Waals surface area contributed by atoms with Gasteiger partial charge in [-0.25, -0.2) is 9.18 Å². The molecule has 1 N–H and O–H groups in total. The van der Waals surface area contributed by atoms with E-state index in [2.05, 4.69) is 17.4 Å². The van der Waals surface area contributed by atoms with Gasteiger partial charge in [-0.2, -0.15) is 0 Å². The number of amides is 1. The molecule has 0 heterocycles. The van der Waals surface area contributed by atoms with E-state index in [9.17, 15) is 9.18 Å². The third kappa shape index (κ3) is 9.74. The maximum Gasteiger partial charge on any atom is 0.437 e. The van der Waals surface area contributed by atoms with Gasteiger partial charge < -0.3 is 4.74 Å². The SMILES string of the molecule is CCCCCCCCCOc1ccc(NC(=O)O/N=C/c2cccc(F)c2)cc1. The normalized spacial score (nSPS) is 10.8. The highest BCUT2D eigenvalue weighted by molar-refractivity contribution is 5.85. The van der Waals surface area contributed by atoms with E-state index in [4.69, 9.17) is 9.57 Å². The van der Waals surface area contributed by atoms with Crippen LogP contribution in [0.5, 0.6) is 5.75 Å². The highest BCUT2D eigenvalue weighted by atomic mass is 19.1. The summed E-state index contributed by atoms with van der Waals surface area (Å²) >= 11 is 0. The Labute approximate surface area is 171 Å². The number of carbonyl (C=O) groups is 1. The molecule has 0 radical (unpaired) electrons. The number of halogens is 1. The molecule has 0 unspecified atom stereocenters. The Hall–Kier alpha value is -2.89. The lowest BCUT2D eigenvalue weighted by Gasteiger charge is -2.07. The van der Waals surface area contributed by atoms with Crippen LogP contribution >= 0.6 is 0 Å². The van der Waals surface area contributed by atoms with E-state index in [0.29, 0.717) is 17.9 Å². The highest BCUT2D eigenvalue weighted by Gasteiger charge is 2.03. The number of anilines is 1. The zero-order valence-electron chi connectivity index (χ0n) is 16.9. The van der Waals surface area contributed by atoms with Gasteiger partial charge in [0.2, 0.25) is 0 Å². The van der Waals surface area contributed by atoms with Crippen molar-refractivity contribution in [1.29, 1.82) is 0 Å². The van der Waals surface area contributed by atoms with Crippen LogP contribution in [0.2, 0.25) is 0 Å². The lowest BCUT2D eigenvalue weighted by molar-refractivity contribution is 0.167. The fourth-order valence-electron chi connectivity index (χ4n) is 2.75. The van der Waals surface area contributed by atoms with E-state index in [0.717, 1.165) is 12.2 Å². The minimum absolute atomic E-state index is 0.382. The molecule has 6 heteroatoms. The number of hydrogen-bond donors (Lipinski definition) is 1. The van der Waals surface area contributed by atoms with Crippen molar-refractivity contribution in [3.63, 3.8) is 0 Å². The molecule has 156 valence electrons. The summed E-state index contributed by atoms with van der Waals surface area (Å²) in [6.45, 7) is 2.91. The Morgan fingerprint density at radius 1 is 1.03 bits per heavy atom. The number of nitrogens with zero attached hydrogens (tertiary/aromatic N) is 1. The van der Waals surface area contributed by atoms with Crippen LogP contribution < -0.4 is 10.1 Å². The summed E-state index contributed by atoms with van der Waals surface area (Å²) in [5, 5.41) is 6.11. The summed E-state index contributed by atoms with van der Waals surface area (Å²) in [6, 6.07) is 12.9. The first-order valence-corrected chi connectivity index (χ1v) is 10.2. The number of hydrogen-bond acceptors (Lipinski definition) is 4. The van der Waals surface area contributed by atoms with E-state index >= 15 is 0 Å². The van der Waals surface area contributed by atoms with Crippen molar-refractivity contribution < 1.29 is 18.8 Å². The van der Waals surface area contributed by atoms with Gasteiger partial charge in [0.25, 0.3) is 0 Å². The molecule has 0 aromatic heterocycles. The molecule has 0 aliphatic carbocycles. The molecular formula is C23H29FN2O3. The average Bonchev–Trinajstić information content (AvgIpc) is 2.71.